The predicted molar refractivity (Wildman–Crippen MR) is 128 cm³/mol. The van der Waals surface area contributed by atoms with Gasteiger partial charge in [0.1, 0.15) is 6.04 Å². The van der Waals surface area contributed by atoms with E-state index in [-0.39, 0.29) is 16.8 Å². The zero-order valence-corrected chi connectivity index (χ0v) is 21.2. The minimum atomic E-state index is -0.788. The summed E-state index contributed by atoms with van der Waals surface area (Å²) in [6, 6.07) is 3.02. The van der Waals surface area contributed by atoms with E-state index in [2.05, 4.69) is 22.9 Å². The van der Waals surface area contributed by atoms with Crippen molar-refractivity contribution in [2.75, 3.05) is 17.8 Å². The van der Waals surface area contributed by atoms with Crippen LogP contribution in [0, 0.1) is 13.8 Å². The Balaban J connectivity index is 2.82. The van der Waals surface area contributed by atoms with Crippen LogP contribution < -0.4 is 4.90 Å². The summed E-state index contributed by atoms with van der Waals surface area (Å²) in [5.41, 5.74) is 2.42. The second kappa shape index (κ2) is 13.9. The summed E-state index contributed by atoms with van der Waals surface area (Å²) in [6.07, 6.45) is 7.18. The minimum Gasteiger partial charge on any atom is -0.467 e. The van der Waals surface area contributed by atoms with Gasteiger partial charge in [0.15, 0.2) is 5.12 Å². The van der Waals surface area contributed by atoms with Gasteiger partial charge in [-0.15, -0.1) is 0 Å². The number of rotatable bonds is 12. The second-order valence-electron chi connectivity index (χ2n) is 7.48. The molecule has 1 atom stereocenters. The molecule has 168 valence electrons. The van der Waals surface area contributed by atoms with Crippen LogP contribution in [0.3, 0.4) is 0 Å². The summed E-state index contributed by atoms with van der Waals surface area (Å²) in [7, 11) is 1.31. The highest BCUT2D eigenvalue weighted by Crippen LogP contribution is 2.33. The molecule has 0 heterocycles. The molecule has 1 amide bonds. The molecule has 0 aliphatic heterocycles. The first kappa shape index (κ1) is 26.7. The van der Waals surface area contributed by atoms with E-state index in [0.29, 0.717) is 12.1 Å². The van der Waals surface area contributed by atoms with Crippen LogP contribution in [0.15, 0.2) is 16.6 Å². The number of methoxy groups -OCH3 is 1. The van der Waals surface area contributed by atoms with Gasteiger partial charge >= 0.3 is 5.97 Å². The third kappa shape index (κ3) is 8.06. The van der Waals surface area contributed by atoms with Crippen molar-refractivity contribution in [1.82, 2.24) is 0 Å². The van der Waals surface area contributed by atoms with Crippen LogP contribution in [0.25, 0.3) is 0 Å². The first-order valence-corrected chi connectivity index (χ1v) is 12.3. The van der Waals surface area contributed by atoms with Crippen LogP contribution in [-0.4, -0.2) is 35.9 Å². The molecule has 1 unspecified atom stereocenters. The number of ether oxygens (including phenoxy) is 1. The number of hydrogen-bond donors (Lipinski definition) is 0. The first-order chi connectivity index (χ1) is 14.2. The summed E-state index contributed by atoms with van der Waals surface area (Å²) < 4.78 is 5.73. The molecule has 0 saturated heterocycles. The number of anilines is 1. The smallest absolute Gasteiger partial charge is 0.328 e. The molecule has 0 saturated carbocycles. The predicted octanol–water partition coefficient (Wildman–Crippen LogP) is 5.97. The standard InChI is InChI=1S/C23H34BrNO4S/c1-6-7-8-9-10-11-12-21(27)30-15-20(26)25(18(4)23(28)29-5)22-16(2)13-14-19(24)17(22)3/h13-14,18H,6-12,15H2,1-5H3. The van der Waals surface area contributed by atoms with Gasteiger partial charge in [-0.05, 0) is 44.4 Å². The highest BCUT2D eigenvalue weighted by molar-refractivity contribution is 9.10. The van der Waals surface area contributed by atoms with Crippen LogP contribution in [0.2, 0.25) is 0 Å². The largest absolute Gasteiger partial charge is 0.467 e. The monoisotopic (exact) mass is 499 g/mol. The quantitative estimate of drug-likeness (QED) is 0.261. The highest BCUT2D eigenvalue weighted by atomic mass is 79.9. The van der Waals surface area contributed by atoms with Crippen LogP contribution >= 0.6 is 27.7 Å². The number of carbonyl (C=O) groups excluding carboxylic acids is 3. The van der Waals surface area contributed by atoms with Gasteiger partial charge in [-0.1, -0.05) is 72.8 Å². The zero-order chi connectivity index (χ0) is 22.7. The average Bonchev–Trinajstić information content (AvgIpc) is 2.73. The first-order valence-electron chi connectivity index (χ1n) is 10.6. The van der Waals surface area contributed by atoms with E-state index in [1.54, 1.807) is 6.92 Å². The lowest BCUT2D eigenvalue weighted by molar-refractivity contribution is -0.142. The van der Waals surface area contributed by atoms with E-state index >= 15 is 0 Å². The number of carbonyl (C=O) groups is 3. The van der Waals surface area contributed by atoms with Gasteiger partial charge < -0.3 is 4.74 Å². The fraction of sp³-hybridized carbons (Fsp3) is 0.609. The molecule has 0 aromatic heterocycles. The molecule has 0 spiro atoms. The van der Waals surface area contributed by atoms with Crippen molar-refractivity contribution < 1.29 is 19.1 Å². The zero-order valence-electron chi connectivity index (χ0n) is 18.8. The molecule has 1 aromatic rings. The van der Waals surface area contributed by atoms with Crippen molar-refractivity contribution in [1.29, 1.82) is 0 Å². The molecule has 0 N–H and O–H groups in total. The minimum absolute atomic E-state index is 0.00138. The van der Waals surface area contributed by atoms with E-state index in [0.717, 1.165) is 46.6 Å². The van der Waals surface area contributed by atoms with Crippen LogP contribution in [0.1, 0.15) is 69.9 Å². The third-order valence-corrected chi connectivity index (χ3v) is 6.87. The summed E-state index contributed by atoms with van der Waals surface area (Å²) in [6.45, 7) is 7.62. The number of thioether (sulfide) groups is 1. The van der Waals surface area contributed by atoms with Crippen molar-refractivity contribution in [3.63, 3.8) is 0 Å². The lowest BCUT2D eigenvalue weighted by atomic mass is 10.1. The Kier molecular flexibility index (Phi) is 12.3. The number of aryl methyl sites for hydroxylation is 1. The van der Waals surface area contributed by atoms with Crippen molar-refractivity contribution in [3.05, 3.63) is 27.7 Å². The summed E-state index contributed by atoms with van der Waals surface area (Å²) in [5, 5.41) is 0.0206. The Hall–Kier alpha value is -1.34. The lowest BCUT2D eigenvalue weighted by Gasteiger charge is -2.30. The second-order valence-corrected chi connectivity index (χ2v) is 9.37. The summed E-state index contributed by atoms with van der Waals surface area (Å²) >= 11 is 4.53. The average molecular weight is 500 g/mol. The number of halogens is 1. The van der Waals surface area contributed by atoms with Crippen molar-refractivity contribution >= 4 is 50.4 Å². The normalized spacial score (nSPS) is 11.8. The molecular formula is C23H34BrNO4S. The van der Waals surface area contributed by atoms with Gasteiger partial charge in [-0.3, -0.25) is 14.5 Å². The number of nitrogens with zero attached hydrogens (tertiary/aromatic N) is 1. The Bertz CT molecular complexity index is 738. The third-order valence-electron chi connectivity index (χ3n) is 5.10. The number of amides is 1. The molecule has 7 heteroatoms. The fourth-order valence-corrected chi connectivity index (χ4v) is 4.36. The molecule has 0 radical (unpaired) electrons. The number of hydrogen-bond acceptors (Lipinski definition) is 5. The van der Waals surface area contributed by atoms with Crippen molar-refractivity contribution in [3.8, 4) is 0 Å². The number of unbranched alkanes of at least 4 members (excludes halogenated alkanes) is 5. The Labute approximate surface area is 193 Å². The number of benzene rings is 1. The molecular weight excluding hydrogens is 466 g/mol. The SMILES string of the molecule is CCCCCCCCC(=O)SCC(=O)N(c1c(C)ccc(Br)c1C)C(C)C(=O)OC. The van der Waals surface area contributed by atoms with Gasteiger partial charge in [0.2, 0.25) is 5.91 Å². The maximum absolute atomic E-state index is 13.1. The van der Waals surface area contributed by atoms with Gasteiger partial charge in [0.05, 0.1) is 18.6 Å². The maximum atomic E-state index is 13.1. The van der Waals surface area contributed by atoms with Gasteiger partial charge in [-0.25, -0.2) is 4.79 Å². The number of esters is 1. The van der Waals surface area contributed by atoms with Crippen molar-refractivity contribution in [2.24, 2.45) is 0 Å². The Morgan fingerprint density at radius 3 is 2.37 bits per heavy atom. The van der Waals surface area contributed by atoms with E-state index in [4.69, 9.17) is 4.74 Å². The van der Waals surface area contributed by atoms with E-state index < -0.39 is 12.0 Å². The molecule has 5 nitrogen and oxygen atoms in total. The Morgan fingerprint density at radius 2 is 1.73 bits per heavy atom. The van der Waals surface area contributed by atoms with Gasteiger partial charge in [0, 0.05) is 10.9 Å². The van der Waals surface area contributed by atoms with Crippen molar-refractivity contribution in [2.45, 2.75) is 78.7 Å². The molecule has 0 bridgehead atoms. The van der Waals surface area contributed by atoms with Crippen LogP contribution in [0.4, 0.5) is 5.69 Å². The topological polar surface area (TPSA) is 63.7 Å². The van der Waals surface area contributed by atoms with E-state index in [9.17, 15) is 14.4 Å². The molecule has 30 heavy (non-hydrogen) atoms. The maximum Gasteiger partial charge on any atom is 0.328 e. The lowest BCUT2D eigenvalue weighted by Crippen LogP contribution is -2.45. The highest BCUT2D eigenvalue weighted by Gasteiger charge is 2.31. The summed E-state index contributed by atoms with van der Waals surface area (Å²) in [5.74, 6) is -0.773. The van der Waals surface area contributed by atoms with Gasteiger partial charge in [-0.2, -0.15) is 0 Å². The fourth-order valence-electron chi connectivity index (χ4n) is 3.33. The van der Waals surface area contributed by atoms with E-state index in [1.807, 2.05) is 26.0 Å². The van der Waals surface area contributed by atoms with Gasteiger partial charge in [0.25, 0.3) is 0 Å². The Morgan fingerprint density at radius 1 is 1.10 bits per heavy atom. The van der Waals surface area contributed by atoms with Crippen LogP contribution in [-0.2, 0) is 19.1 Å². The molecule has 1 aromatic carbocycles. The molecule has 0 aliphatic carbocycles. The van der Waals surface area contributed by atoms with Crippen LogP contribution in [0.5, 0.6) is 0 Å². The molecule has 0 fully saturated rings. The summed E-state index contributed by atoms with van der Waals surface area (Å²) in [4.78, 5) is 39.0. The van der Waals surface area contributed by atoms with E-state index in [1.165, 1.54) is 31.3 Å². The molecule has 0 aliphatic rings. The molecule has 1 rings (SSSR count).